The Bertz CT molecular complexity index is 344. The van der Waals surface area contributed by atoms with Crippen molar-refractivity contribution in [3.05, 3.63) is 29.0 Å². The van der Waals surface area contributed by atoms with Crippen molar-refractivity contribution in [2.45, 2.75) is 26.3 Å². The lowest BCUT2D eigenvalue weighted by Gasteiger charge is -2.04. The molecule has 0 radical (unpaired) electrons. The van der Waals surface area contributed by atoms with Gasteiger partial charge in [-0.2, -0.15) is 5.10 Å². The molecule has 1 rings (SSSR count). The van der Waals surface area contributed by atoms with Crippen molar-refractivity contribution in [2.24, 2.45) is 0 Å². The van der Waals surface area contributed by atoms with E-state index < -0.39 is 0 Å². The van der Waals surface area contributed by atoms with Crippen LogP contribution in [0.4, 0.5) is 0 Å². The minimum atomic E-state index is 0.0535. The van der Waals surface area contributed by atoms with Gasteiger partial charge in [-0.1, -0.05) is 13.0 Å². The van der Waals surface area contributed by atoms with E-state index >= 15 is 0 Å². The highest BCUT2D eigenvalue weighted by molar-refractivity contribution is 9.10. The van der Waals surface area contributed by atoms with Crippen LogP contribution < -0.4 is 0 Å². The number of allylic oxidation sites excluding steroid dienone is 1. The lowest BCUT2D eigenvalue weighted by Crippen LogP contribution is -2.10. The van der Waals surface area contributed by atoms with Crippen molar-refractivity contribution in [1.82, 2.24) is 9.78 Å². The summed E-state index contributed by atoms with van der Waals surface area (Å²) in [7, 11) is 0. The number of nitrogens with zero attached hydrogens (tertiary/aromatic N) is 2. The molecule has 0 spiro atoms. The molecule has 4 heteroatoms. The molecule has 1 heterocycles. The van der Waals surface area contributed by atoms with Gasteiger partial charge in [0.25, 0.3) is 0 Å². The summed E-state index contributed by atoms with van der Waals surface area (Å²) in [6, 6.07) is 0. The van der Waals surface area contributed by atoms with E-state index in [4.69, 9.17) is 0 Å². The Kier molecular flexibility index (Phi) is 4.07. The summed E-state index contributed by atoms with van der Waals surface area (Å²) in [5, 5.41) is 4.12. The van der Waals surface area contributed by atoms with Crippen molar-refractivity contribution in [1.29, 1.82) is 0 Å². The van der Waals surface area contributed by atoms with Crippen LogP contribution >= 0.6 is 15.9 Å². The number of rotatable bonds is 5. The molecule has 0 unspecified atom stereocenters. The third kappa shape index (κ3) is 2.32. The maximum atomic E-state index is 11.7. The van der Waals surface area contributed by atoms with E-state index in [1.54, 1.807) is 17.0 Å². The number of aryl methyl sites for hydroxylation is 1. The maximum Gasteiger partial charge on any atom is 0.185 e. The Labute approximate surface area is 91.9 Å². The summed E-state index contributed by atoms with van der Waals surface area (Å²) in [4.78, 5) is 11.7. The molecule has 0 fully saturated rings. The van der Waals surface area contributed by atoms with Crippen molar-refractivity contribution in [3.8, 4) is 0 Å². The molecule has 0 aliphatic heterocycles. The van der Waals surface area contributed by atoms with Gasteiger partial charge in [-0.15, -0.1) is 6.58 Å². The lowest BCUT2D eigenvalue weighted by atomic mass is 10.2. The molecule has 1 aromatic rings. The summed E-state index contributed by atoms with van der Waals surface area (Å²) in [6.45, 7) is 6.37. The van der Waals surface area contributed by atoms with Crippen LogP contribution in [0.2, 0.25) is 0 Å². The molecule has 0 N–H and O–H groups in total. The number of hydrogen-bond acceptors (Lipinski definition) is 2. The number of halogens is 1. The number of ketones is 1. The molecule has 1 aromatic heterocycles. The van der Waals surface area contributed by atoms with Gasteiger partial charge in [0.15, 0.2) is 5.78 Å². The van der Waals surface area contributed by atoms with Gasteiger partial charge in [0.1, 0.15) is 5.69 Å². The van der Waals surface area contributed by atoms with Crippen LogP contribution in [-0.4, -0.2) is 15.6 Å². The van der Waals surface area contributed by atoms with E-state index in [0.717, 1.165) is 17.4 Å². The average Bonchev–Trinajstić information content (AvgIpc) is 2.48. The molecular weight excluding hydrogens is 244 g/mol. The molecule has 0 atom stereocenters. The number of aromatic nitrogens is 2. The Morgan fingerprint density at radius 1 is 1.79 bits per heavy atom. The smallest absolute Gasteiger partial charge is 0.185 e. The number of Topliss-reactive ketones (excluding diaryl/α,β-unsaturated/α-hetero) is 1. The van der Waals surface area contributed by atoms with Crippen LogP contribution in [0.15, 0.2) is 23.3 Å². The topological polar surface area (TPSA) is 34.9 Å². The summed E-state index contributed by atoms with van der Waals surface area (Å²) in [6.07, 6.45) is 4.58. The maximum absolute atomic E-state index is 11.7. The van der Waals surface area contributed by atoms with E-state index in [9.17, 15) is 4.79 Å². The highest BCUT2D eigenvalue weighted by Crippen LogP contribution is 2.18. The first kappa shape index (κ1) is 11.2. The fraction of sp³-hybridized carbons (Fsp3) is 0.400. The van der Waals surface area contributed by atoms with Gasteiger partial charge in [0, 0.05) is 13.0 Å². The van der Waals surface area contributed by atoms with Crippen LogP contribution in [0.1, 0.15) is 30.3 Å². The van der Waals surface area contributed by atoms with Crippen LogP contribution in [0.25, 0.3) is 0 Å². The minimum Gasteiger partial charge on any atom is -0.292 e. The number of hydrogen-bond donors (Lipinski definition) is 0. The second kappa shape index (κ2) is 5.10. The molecule has 0 aliphatic carbocycles. The Balaban J connectivity index is 2.97. The molecule has 3 nitrogen and oxygen atoms in total. The standard InChI is InChI=1S/C10H13BrN2O/c1-3-5-9(14)10-8(11)7-12-13(10)6-4-2/h3,7H,1,4-6H2,2H3. The third-order valence-corrected chi connectivity index (χ3v) is 2.40. The van der Waals surface area contributed by atoms with Crippen LogP contribution in [0, 0.1) is 0 Å². The molecule has 0 aromatic carbocycles. The predicted octanol–water partition coefficient (Wildman–Crippen LogP) is 2.81. The summed E-state index contributed by atoms with van der Waals surface area (Å²) < 4.78 is 2.49. The van der Waals surface area contributed by atoms with Crippen molar-refractivity contribution < 1.29 is 4.79 Å². The largest absolute Gasteiger partial charge is 0.292 e. The lowest BCUT2D eigenvalue weighted by molar-refractivity contribution is 0.0984. The number of carbonyl (C=O) groups is 1. The van der Waals surface area contributed by atoms with Gasteiger partial charge in [-0.05, 0) is 22.4 Å². The van der Waals surface area contributed by atoms with Gasteiger partial charge >= 0.3 is 0 Å². The zero-order chi connectivity index (χ0) is 10.6. The minimum absolute atomic E-state index is 0.0535. The first-order valence-electron chi connectivity index (χ1n) is 4.56. The van der Waals surface area contributed by atoms with Crippen molar-refractivity contribution in [2.75, 3.05) is 0 Å². The first-order valence-corrected chi connectivity index (χ1v) is 5.35. The van der Waals surface area contributed by atoms with Crippen molar-refractivity contribution >= 4 is 21.7 Å². The van der Waals surface area contributed by atoms with Gasteiger partial charge < -0.3 is 0 Å². The van der Waals surface area contributed by atoms with Gasteiger partial charge in [0.2, 0.25) is 0 Å². The Hall–Kier alpha value is -0.900. The van der Waals surface area contributed by atoms with E-state index in [1.807, 2.05) is 0 Å². The average molecular weight is 257 g/mol. The molecule has 0 bridgehead atoms. The van der Waals surface area contributed by atoms with Crippen LogP contribution in [0.3, 0.4) is 0 Å². The predicted molar refractivity (Wildman–Crippen MR) is 59.4 cm³/mol. The molecule has 0 aliphatic rings. The normalized spacial score (nSPS) is 10.1. The monoisotopic (exact) mass is 256 g/mol. The fourth-order valence-electron chi connectivity index (χ4n) is 1.25. The molecule has 0 saturated carbocycles. The highest BCUT2D eigenvalue weighted by Gasteiger charge is 2.14. The summed E-state index contributed by atoms with van der Waals surface area (Å²) in [5.74, 6) is 0.0535. The second-order valence-electron chi connectivity index (χ2n) is 2.98. The second-order valence-corrected chi connectivity index (χ2v) is 3.83. The zero-order valence-electron chi connectivity index (χ0n) is 8.16. The van der Waals surface area contributed by atoms with E-state index in [0.29, 0.717) is 12.1 Å². The molecule has 0 saturated heterocycles. The molecular formula is C10H13BrN2O. The van der Waals surface area contributed by atoms with Gasteiger partial charge in [-0.3, -0.25) is 9.48 Å². The highest BCUT2D eigenvalue weighted by atomic mass is 79.9. The Morgan fingerprint density at radius 2 is 2.50 bits per heavy atom. The SMILES string of the molecule is C=CCC(=O)c1c(Br)cnn1CCC. The molecule has 0 amide bonds. The zero-order valence-corrected chi connectivity index (χ0v) is 9.75. The van der Waals surface area contributed by atoms with E-state index in [2.05, 4.69) is 34.5 Å². The Morgan fingerprint density at radius 3 is 3.07 bits per heavy atom. The molecule has 14 heavy (non-hydrogen) atoms. The summed E-state index contributed by atoms with van der Waals surface area (Å²) >= 11 is 3.32. The number of carbonyl (C=O) groups excluding carboxylic acids is 1. The van der Waals surface area contributed by atoms with Crippen LogP contribution in [0.5, 0.6) is 0 Å². The van der Waals surface area contributed by atoms with Crippen LogP contribution in [-0.2, 0) is 6.54 Å². The quantitative estimate of drug-likeness (QED) is 0.600. The van der Waals surface area contributed by atoms with E-state index in [1.165, 1.54) is 0 Å². The third-order valence-electron chi connectivity index (χ3n) is 1.82. The van der Waals surface area contributed by atoms with Gasteiger partial charge in [-0.25, -0.2) is 0 Å². The van der Waals surface area contributed by atoms with Gasteiger partial charge in [0.05, 0.1) is 10.7 Å². The fourth-order valence-corrected chi connectivity index (χ4v) is 1.77. The first-order chi connectivity index (χ1) is 6.70. The van der Waals surface area contributed by atoms with Crippen molar-refractivity contribution in [3.63, 3.8) is 0 Å². The molecule has 76 valence electrons. The summed E-state index contributed by atoms with van der Waals surface area (Å²) in [5.41, 5.74) is 0.645. The van der Waals surface area contributed by atoms with E-state index in [-0.39, 0.29) is 5.78 Å².